The van der Waals surface area contributed by atoms with Gasteiger partial charge in [0, 0.05) is 32.4 Å². The third-order valence-electron chi connectivity index (χ3n) is 4.85. The maximum absolute atomic E-state index is 13.1. The number of nitrogens with zero attached hydrogens (tertiary/aromatic N) is 5. The molecule has 0 spiro atoms. The highest BCUT2D eigenvalue weighted by atomic mass is 19.4. The molecule has 1 amide bonds. The summed E-state index contributed by atoms with van der Waals surface area (Å²) in [6.45, 7) is 1.46. The van der Waals surface area contributed by atoms with E-state index >= 15 is 0 Å². The zero-order valence-electron chi connectivity index (χ0n) is 15.6. The Morgan fingerprint density at radius 2 is 2.00 bits per heavy atom. The van der Waals surface area contributed by atoms with Gasteiger partial charge in [0.05, 0.1) is 11.2 Å². The minimum atomic E-state index is -4.68. The number of carbonyl (C=O) groups excluding carboxylic acids is 1. The molecule has 3 aromatic rings. The summed E-state index contributed by atoms with van der Waals surface area (Å²) < 4.78 is 41.8. The maximum atomic E-state index is 13.1. The largest absolute Gasteiger partial charge is 0.437 e. The zero-order valence-corrected chi connectivity index (χ0v) is 15.6. The number of alkyl halides is 3. The molecule has 4 heterocycles. The molecule has 0 aromatic carbocycles. The number of amides is 1. The molecule has 3 aromatic heterocycles. The molecule has 0 radical (unpaired) electrons. The molecule has 29 heavy (non-hydrogen) atoms. The van der Waals surface area contributed by atoms with Crippen molar-refractivity contribution in [2.45, 2.75) is 25.1 Å². The van der Waals surface area contributed by atoms with Gasteiger partial charge in [0.25, 0.3) is 5.91 Å². The molecule has 0 bridgehead atoms. The normalized spacial score (nSPS) is 17.7. The number of fused-ring (bicyclic) bond motifs is 1. The van der Waals surface area contributed by atoms with Crippen LogP contribution >= 0.6 is 0 Å². The van der Waals surface area contributed by atoms with Crippen LogP contribution in [0, 0.1) is 0 Å². The van der Waals surface area contributed by atoms with Gasteiger partial charge in [0.1, 0.15) is 11.5 Å². The Bertz CT molecular complexity index is 1060. The number of carbonyl (C=O) groups is 1. The second kappa shape index (κ2) is 7.07. The lowest BCUT2D eigenvalue weighted by Gasteiger charge is -2.31. The molecule has 3 N–H and O–H groups in total. The Kier molecular flexibility index (Phi) is 4.69. The highest BCUT2D eigenvalue weighted by Gasteiger charge is 2.37. The third kappa shape index (κ3) is 3.77. The number of rotatable bonds is 3. The van der Waals surface area contributed by atoms with E-state index in [1.54, 1.807) is 6.07 Å². The van der Waals surface area contributed by atoms with Gasteiger partial charge >= 0.3 is 6.18 Å². The monoisotopic (exact) mass is 407 g/mol. The van der Waals surface area contributed by atoms with Crippen LogP contribution in [0.1, 0.15) is 29.0 Å². The summed E-state index contributed by atoms with van der Waals surface area (Å²) >= 11 is 0. The van der Waals surface area contributed by atoms with Gasteiger partial charge in [-0.2, -0.15) is 18.3 Å². The number of anilines is 2. The first-order valence-electron chi connectivity index (χ1n) is 9.14. The fourth-order valence-electron chi connectivity index (χ4n) is 3.51. The van der Waals surface area contributed by atoms with E-state index in [4.69, 9.17) is 5.73 Å². The minimum absolute atomic E-state index is 0.0556. The Labute approximate surface area is 164 Å². The van der Waals surface area contributed by atoms with Crippen molar-refractivity contribution in [3.63, 3.8) is 0 Å². The van der Waals surface area contributed by atoms with Crippen LogP contribution in [0.15, 0.2) is 30.5 Å². The fraction of sp³-hybridized carbons (Fsp3) is 0.389. The SMILES string of the molecule is Cn1cc(NC(=O)c2ccc3ccc(N4CCC[C@@H](N)C4)nn23)c(C(F)(F)F)n1. The van der Waals surface area contributed by atoms with Gasteiger partial charge in [-0.25, -0.2) is 4.52 Å². The number of nitrogens with one attached hydrogen (secondary N) is 1. The number of halogens is 3. The van der Waals surface area contributed by atoms with Crippen LogP contribution < -0.4 is 16.0 Å². The van der Waals surface area contributed by atoms with E-state index in [-0.39, 0.29) is 11.7 Å². The molecule has 8 nitrogen and oxygen atoms in total. The van der Waals surface area contributed by atoms with Crippen molar-refractivity contribution < 1.29 is 18.0 Å². The average molecular weight is 407 g/mol. The van der Waals surface area contributed by atoms with E-state index in [1.165, 1.54) is 17.6 Å². The molecule has 11 heteroatoms. The lowest BCUT2D eigenvalue weighted by atomic mass is 10.1. The van der Waals surface area contributed by atoms with Crippen LogP contribution in [0.25, 0.3) is 5.52 Å². The number of hydrogen-bond acceptors (Lipinski definition) is 5. The van der Waals surface area contributed by atoms with E-state index in [0.29, 0.717) is 17.9 Å². The lowest BCUT2D eigenvalue weighted by molar-refractivity contribution is -0.140. The van der Waals surface area contributed by atoms with Crippen LogP contribution in [0.3, 0.4) is 0 Å². The van der Waals surface area contributed by atoms with E-state index < -0.39 is 23.5 Å². The zero-order chi connectivity index (χ0) is 20.8. The summed E-state index contributed by atoms with van der Waals surface area (Å²) in [6.07, 6.45) is -1.67. The summed E-state index contributed by atoms with van der Waals surface area (Å²) in [7, 11) is 1.36. The van der Waals surface area contributed by atoms with E-state index in [1.807, 2.05) is 17.0 Å². The Hall–Kier alpha value is -3.08. The molecule has 1 aliphatic heterocycles. The smallest absolute Gasteiger partial charge is 0.354 e. The summed E-state index contributed by atoms with van der Waals surface area (Å²) in [5.41, 5.74) is 5.26. The van der Waals surface area contributed by atoms with Crippen molar-refractivity contribution in [1.29, 1.82) is 0 Å². The average Bonchev–Trinajstić information content (AvgIpc) is 3.24. The predicted octanol–water partition coefficient (Wildman–Crippen LogP) is 2.27. The van der Waals surface area contributed by atoms with Gasteiger partial charge < -0.3 is 16.0 Å². The molecule has 4 rings (SSSR count). The first-order valence-corrected chi connectivity index (χ1v) is 9.14. The maximum Gasteiger partial charge on any atom is 0.437 e. The second-order valence-corrected chi connectivity index (χ2v) is 7.11. The number of piperidine rings is 1. The molecule has 0 aliphatic carbocycles. The van der Waals surface area contributed by atoms with Gasteiger partial charge in [-0.15, -0.1) is 5.10 Å². The van der Waals surface area contributed by atoms with Crippen LogP contribution in [-0.4, -0.2) is 44.4 Å². The molecule has 1 fully saturated rings. The Morgan fingerprint density at radius 1 is 1.24 bits per heavy atom. The molecule has 0 saturated carbocycles. The van der Waals surface area contributed by atoms with E-state index in [9.17, 15) is 18.0 Å². The topological polar surface area (TPSA) is 93.5 Å². The summed E-state index contributed by atoms with van der Waals surface area (Å²) in [6, 6.07) is 6.91. The fourth-order valence-corrected chi connectivity index (χ4v) is 3.51. The van der Waals surface area contributed by atoms with Gasteiger partial charge in [0.15, 0.2) is 5.69 Å². The van der Waals surface area contributed by atoms with Gasteiger partial charge in [0.2, 0.25) is 0 Å². The highest BCUT2D eigenvalue weighted by Crippen LogP contribution is 2.33. The number of aryl methyl sites for hydroxylation is 1. The van der Waals surface area contributed by atoms with Crippen LogP contribution in [0.5, 0.6) is 0 Å². The van der Waals surface area contributed by atoms with E-state index in [0.717, 1.165) is 30.3 Å². The molecular weight excluding hydrogens is 387 g/mol. The Morgan fingerprint density at radius 3 is 2.72 bits per heavy atom. The van der Waals surface area contributed by atoms with Crippen LogP contribution in [-0.2, 0) is 13.2 Å². The molecule has 1 atom stereocenters. The van der Waals surface area contributed by atoms with Crippen molar-refractivity contribution >= 4 is 22.9 Å². The van der Waals surface area contributed by atoms with Crippen molar-refractivity contribution in [2.75, 3.05) is 23.3 Å². The second-order valence-electron chi connectivity index (χ2n) is 7.11. The lowest BCUT2D eigenvalue weighted by Crippen LogP contribution is -2.43. The molecule has 1 saturated heterocycles. The van der Waals surface area contributed by atoms with Crippen molar-refractivity contribution in [1.82, 2.24) is 19.4 Å². The third-order valence-corrected chi connectivity index (χ3v) is 4.85. The summed E-state index contributed by atoms with van der Waals surface area (Å²) in [5, 5.41) is 10.2. The van der Waals surface area contributed by atoms with Crippen molar-refractivity contribution in [3.8, 4) is 0 Å². The first kappa shape index (κ1) is 19.2. The van der Waals surface area contributed by atoms with Gasteiger partial charge in [-0.05, 0) is 37.1 Å². The highest BCUT2D eigenvalue weighted by molar-refractivity contribution is 6.04. The number of aromatic nitrogens is 4. The first-order chi connectivity index (χ1) is 13.7. The number of nitrogens with two attached hydrogens (primary N) is 1. The number of hydrogen-bond donors (Lipinski definition) is 2. The van der Waals surface area contributed by atoms with Crippen molar-refractivity contribution in [2.24, 2.45) is 12.8 Å². The summed E-state index contributed by atoms with van der Waals surface area (Å²) in [5.74, 6) is -0.0428. The van der Waals surface area contributed by atoms with E-state index in [2.05, 4.69) is 15.5 Å². The Balaban J connectivity index is 1.64. The minimum Gasteiger partial charge on any atom is -0.354 e. The summed E-state index contributed by atoms with van der Waals surface area (Å²) in [4.78, 5) is 14.7. The molecular formula is C18H20F3N7O. The molecule has 1 aliphatic rings. The molecule has 154 valence electrons. The van der Waals surface area contributed by atoms with Crippen LogP contribution in [0.4, 0.5) is 24.7 Å². The molecule has 0 unspecified atom stereocenters. The predicted molar refractivity (Wildman–Crippen MR) is 101 cm³/mol. The van der Waals surface area contributed by atoms with Gasteiger partial charge in [-0.1, -0.05) is 0 Å². The van der Waals surface area contributed by atoms with Gasteiger partial charge in [-0.3, -0.25) is 9.48 Å². The van der Waals surface area contributed by atoms with Crippen molar-refractivity contribution in [3.05, 3.63) is 41.9 Å². The van der Waals surface area contributed by atoms with Crippen LogP contribution in [0.2, 0.25) is 0 Å². The standard InChI is InChI=1S/C18H20F3N7O/c1-26-10-13(16(25-26)18(19,20)21)23-17(29)14-6-4-12-5-7-15(24-28(12)14)27-8-2-3-11(22)9-27/h4-7,10-11H,2-3,8-9,22H2,1H3,(H,23,29)/t11-/m1/s1. The quantitative estimate of drug-likeness (QED) is 0.695.